The molecule has 0 radical (unpaired) electrons. The number of nitrogens with two attached hydrogens (primary N) is 1. The Balaban J connectivity index is 2.85. The summed E-state index contributed by atoms with van der Waals surface area (Å²) in [6, 6.07) is 5.14. The Morgan fingerprint density at radius 2 is 2.20 bits per heavy atom. The van der Waals surface area contributed by atoms with Crippen LogP contribution in [-0.4, -0.2) is 23.4 Å². The minimum Gasteiger partial charge on any atom is -0.375 e. The maximum absolute atomic E-state index is 5.93. The van der Waals surface area contributed by atoms with Gasteiger partial charge in [0.25, 0.3) is 0 Å². The van der Waals surface area contributed by atoms with E-state index in [1.807, 2.05) is 0 Å². The summed E-state index contributed by atoms with van der Waals surface area (Å²) in [6.07, 6.45) is 1.57. The van der Waals surface area contributed by atoms with Crippen molar-refractivity contribution in [1.82, 2.24) is 5.01 Å². The topological polar surface area (TPSA) is 41.6 Å². The van der Waals surface area contributed by atoms with Gasteiger partial charge in [0.05, 0.1) is 11.2 Å². The van der Waals surface area contributed by atoms with Crippen molar-refractivity contribution in [3.63, 3.8) is 0 Å². The molecule has 15 heavy (non-hydrogen) atoms. The third kappa shape index (κ3) is 3.66. The van der Waals surface area contributed by atoms with Gasteiger partial charge in [0.1, 0.15) is 0 Å². The van der Waals surface area contributed by atoms with Crippen molar-refractivity contribution >= 4 is 46.7 Å². The summed E-state index contributed by atoms with van der Waals surface area (Å²) >= 11 is 16.4. The van der Waals surface area contributed by atoms with E-state index in [-0.39, 0.29) is 5.11 Å². The van der Waals surface area contributed by atoms with Crippen LogP contribution >= 0.6 is 35.4 Å². The van der Waals surface area contributed by atoms with Gasteiger partial charge in [-0.2, -0.15) is 5.10 Å². The lowest BCUT2D eigenvalue weighted by Crippen LogP contribution is -2.27. The van der Waals surface area contributed by atoms with E-state index in [9.17, 15) is 0 Å². The van der Waals surface area contributed by atoms with Gasteiger partial charge >= 0.3 is 0 Å². The van der Waals surface area contributed by atoms with Gasteiger partial charge in [-0.05, 0) is 24.4 Å². The Hall–Kier alpha value is -0.840. The van der Waals surface area contributed by atoms with Gasteiger partial charge in [0, 0.05) is 17.6 Å². The van der Waals surface area contributed by atoms with Crippen LogP contribution in [0.25, 0.3) is 0 Å². The zero-order valence-corrected chi connectivity index (χ0v) is 10.3. The van der Waals surface area contributed by atoms with Crippen LogP contribution in [0.4, 0.5) is 0 Å². The Labute approximate surface area is 103 Å². The highest BCUT2D eigenvalue weighted by atomic mass is 35.5. The van der Waals surface area contributed by atoms with Gasteiger partial charge in [-0.25, -0.2) is 5.01 Å². The van der Waals surface area contributed by atoms with E-state index < -0.39 is 0 Å². The molecule has 1 aromatic rings. The fourth-order valence-electron chi connectivity index (χ4n) is 0.812. The minimum atomic E-state index is 0.191. The molecule has 3 nitrogen and oxygen atoms in total. The van der Waals surface area contributed by atoms with Gasteiger partial charge in [-0.1, -0.05) is 29.3 Å². The zero-order valence-electron chi connectivity index (χ0n) is 7.95. The summed E-state index contributed by atoms with van der Waals surface area (Å²) < 4.78 is 0. The van der Waals surface area contributed by atoms with Crippen molar-refractivity contribution < 1.29 is 0 Å². The first-order chi connectivity index (χ1) is 7.00. The smallest absolute Gasteiger partial charge is 0.186 e. The molecule has 1 aromatic carbocycles. The SMILES string of the molecule is CN(N=Cc1ccc(Cl)cc1Cl)C(N)=S. The van der Waals surface area contributed by atoms with Crippen LogP contribution in [0.2, 0.25) is 10.0 Å². The highest BCUT2D eigenvalue weighted by Gasteiger charge is 1.99. The van der Waals surface area contributed by atoms with Gasteiger partial charge < -0.3 is 5.73 Å². The standard InChI is InChI=1S/C9H9Cl2N3S/c1-14(9(12)15)13-5-6-2-3-7(10)4-8(6)11/h2-5H,1H3,(H2,12,15). The molecule has 2 N–H and O–H groups in total. The lowest BCUT2D eigenvalue weighted by atomic mass is 10.2. The molecule has 0 saturated carbocycles. The fourth-order valence-corrected chi connectivity index (χ4v) is 1.32. The molecule has 0 atom stereocenters. The Morgan fingerprint density at radius 3 is 2.73 bits per heavy atom. The van der Waals surface area contributed by atoms with E-state index in [4.69, 9.17) is 41.2 Å². The Bertz CT molecular complexity index is 406. The summed E-state index contributed by atoms with van der Waals surface area (Å²) in [7, 11) is 1.66. The lowest BCUT2D eigenvalue weighted by molar-refractivity contribution is 0.552. The normalized spacial score (nSPS) is 10.6. The van der Waals surface area contributed by atoms with Crippen molar-refractivity contribution in [3.05, 3.63) is 33.8 Å². The molecule has 0 aliphatic heterocycles. The summed E-state index contributed by atoms with van der Waals surface area (Å²) in [6.45, 7) is 0. The Kier molecular flexibility index (Phi) is 4.32. The summed E-state index contributed by atoms with van der Waals surface area (Å²) in [5, 5.41) is 6.68. The van der Waals surface area contributed by atoms with Crippen molar-refractivity contribution in [2.45, 2.75) is 0 Å². The quantitative estimate of drug-likeness (QED) is 0.506. The molecular weight excluding hydrogens is 253 g/mol. The minimum absolute atomic E-state index is 0.191. The summed E-state index contributed by atoms with van der Waals surface area (Å²) in [4.78, 5) is 0. The van der Waals surface area contributed by atoms with Gasteiger partial charge in [0.2, 0.25) is 0 Å². The van der Waals surface area contributed by atoms with Gasteiger partial charge in [-0.15, -0.1) is 0 Å². The van der Waals surface area contributed by atoms with Crippen LogP contribution in [0.1, 0.15) is 5.56 Å². The molecule has 0 saturated heterocycles. The molecule has 0 spiro atoms. The highest BCUT2D eigenvalue weighted by molar-refractivity contribution is 7.80. The summed E-state index contributed by atoms with van der Waals surface area (Å²) in [5.41, 5.74) is 6.11. The molecule has 0 heterocycles. The Morgan fingerprint density at radius 1 is 1.53 bits per heavy atom. The molecule has 6 heteroatoms. The lowest BCUT2D eigenvalue weighted by Gasteiger charge is -2.08. The second kappa shape index (κ2) is 5.30. The van der Waals surface area contributed by atoms with Crippen LogP contribution in [0.5, 0.6) is 0 Å². The molecule has 0 bridgehead atoms. The molecule has 0 fully saturated rings. The second-order valence-electron chi connectivity index (χ2n) is 2.77. The second-order valence-corrected chi connectivity index (χ2v) is 4.03. The van der Waals surface area contributed by atoms with Gasteiger partial charge in [0.15, 0.2) is 5.11 Å². The monoisotopic (exact) mass is 261 g/mol. The average Bonchev–Trinajstić information content (AvgIpc) is 2.15. The van der Waals surface area contributed by atoms with Crippen molar-refractivity contribution in [1.29, 1.82) is 0 Å². The fraction of sp³-hybridized carbons (Fsp3) is 0.111. The van der Waals surface area contributed by atoms with Gasteiger partial charge in [-0.3, -0.25) is 0 Å². The first-order valence-corrected chi connectivity index (χ1v) is 5.19. The molecule has 0 aromatic heterocycles. The maximum atomic E-state index is 5.93. The van der Waals surface area contributed by atoms with E-state index in [0.29, 0.717) is 10.0 Å². The number of rotatable bonds is 2. The van der Waals surface area contributed by atoms with E-state index >= 15 is 0 Å². The molecule has 80 valence electrons. The predicted octanol–water partition coefficient (Wildman–Crippen LogP) is 2.50. The first kappa shape index (κ1) is 12.2. The zero-order chi connectivity index (χ0) is 11.4. The number of hydrogen-bond acceptors (Lipinski definition) is 2. The number of thiocarbonyl (C=S) groups is 1. The van der Waals surface area contributed by atoms with E-state index in [1.54, 1.807) is 31.5 Å². The first-order valence-electron chi connectivity index (χ1n) is 4.03. The number of nitrogens with zero attached hydrogens (tertiary/aromatic N) is 2. The van der Waals surface area contributed by atoms with Crippen LogP contribution < -0.4 is 5.73 Å². The summed E-state index contributed by atoms with van der Waals surface area (Å²) in [5.74, 6) is 0. The molecule has 0 aliphatic carbocycles. The predicted molar refractivity (Wildman–Crippen MR) is 68.6 cm³/mol. The molecule has 0 amide bonds. The van der Waals surface area contributed by atoms with Crippen molar-refractivity contribution in [2.75, 3.05) is 7.05 Å². The molecule has 1 rings (SSSR count). The third-order valence-corrected chi connectivity index (χ3v) is 2.48. The number of halogens is 2. The molecular formula is C9H9Cl2N3S. The van der Waals surface area contributed by atoms with E-state index in [2.05, 4.69) is 5.10 Å². The molecule has 0 aliphatic rings. The average molecular weight is 262 g/mol. The number of hydrogen-bond donors (Lipinski definition) is 1. The van der Waals surface area contributed by atoms with Crippen LogP contribution in [0.3, 0.4) is 0 Å². The van der Waals surface area contributed by atoms with Crippen molar-refractivity contribution in [2.24, 2.45) is 10.8 Å². The van der Waals surface area contributed by atoms with Crippen LogP contribution in [-0.2, 0) is 0 Å². The molecule has 0 unspecified atom stereocenters. The van der Waals surface area contributed by atoms with Crippen molar-refractivity contribution in [3.8, 4) is 0 Å². The highest BCUT2D eigenvalue weighted by Crippen LogP contribution is 2.19. The maximum Gasteiger partial charge on any atom is 0.186 e. The number of hydrazone groups is 1. The third-order valence-electron chi connectivity index (χ3n) is 1.65. The van der Waals surface area contributed by atoms with E-state index in [1.165, 1.54) is 5.01 Å². The van der Waals surface area contributed by atoms with E-state index in [0.717, 1.165) is 5.56 Å². The largest absolute Gasteiger partial charge is 0.375 e. The van der Waals surface area contributed by atoms with Crippen LogP contribution in [0, 0.1) is 0 Å². The number of benzene rings is 1. The van der Waals surface area contributed by atoms with Crippen LogP contribution in [0.15, 0.2) is 23.3 Å².